The number of nitrogens with one attached hydrogen (secondary N) is 1. The zero-order chi connectivity index (χ0) is 16.2. The molecule has 1 N–H and O–H groups in total. The van der Waals surface area contributed by atoms with Crippen LogP contribution in [0.3, 0.4) is 0 Å². The number of fused-ring (bicyclic) bond motifs is 1. The van der Waals surface area contributed by atoms with E-state index in [1.54, 1.807) is 0 Å². The summed E-state index contributed by atoms with van der Waals surface area (Å²) in [5.74, 6) is 1.41. The number of hydrogen-bond donors (Lipinski definition) is 1. The SMILES string of the molecule is CCNC(=O)[C@H]1CCCN(Cc2nc3ccccc3n2CC)C1. The number of rotatable bonds is 5. The standard InChI is InChI=1S/C18H26N4O/c1-3-19-18(23)14-8-7-11-21(12-14)13-17-20-15-9-5-6-10-16(15)22(17)4-2/h5-6,9-10,14H,3-4,7-8,11-13H2,1-2H3,(H,19,23)/t14-/m0/s1. The molecule has 0 unspecified atom stereocenters. The second kappa shape index (κ2) is 7.13. The van der Waals surface area contributed by atoms with Gasteiger partial charge in [0.05, 0.1) is 23.5 Å². The van der Waals surface area contributed by atoms with Gasteiger partial charge in [0.25, 0.3) is 0 Å². The Bertz CT molecular complexity index is 679. The topological polar surface area (TPSA) is 50.2 Å². The van der Waals surface area contributed by atoms with Gasteiger partial charge in [-0.1, -0.05) is 12.1 Å². The highest BCUT2D eigenvalue weighted by molar-refractivity contribution is 5.79. The number of amides is 1. The molecule has 1 aromatic carbocycles. The lowest BCUT2D eigenvalue weighted by Crippen LogP contribution is -2.42. The molecular formula is C18H26N4O. The molecule has 5 heteroatoms. The van der Waals surface area contributed by atoms with Gasteiger partial charge < -0.3 is 9.88 Å². The van der Waals surface area contributed by atoms with Gasteiger partial charge in [-0.15, -0.1) is 0 Å². The lowest BCUT2D eigenvalue weighted by Gasteiger charge is -2.31. The van der Waals surface area contributed by atoms with E-state index in [9.17, 15) is 4.79 Å². The first-order chi connectivity index (χ1) is 11.2. The van der Waals surface area contributed by atoms with E-state index in [4.69, 9.17) is 4.98 Å². The van der Waals surface area contributed by atoms with Crippen LogP contribution in [0.1, 0.15) is 32.5 Å². The maximum atomic E-state index is 12.1. The molecule has 3 rings (SSSR count). The molecule has 0 aliphatic carbocycles. The summed E-state index contributed by atoms with van der Waals surface area (Å²) in [6.45, 7) is 8.46. The fraction of sp³-hybridized carbons (Fsp3) is 0.556. The third-order valence-corrected chi connectivity index (χ3v) is 4.64. The maximum absolute atomic E-state index is 12.1. The lowest BCUT2D eigenvalue weighted by atomic mass is 9.97. The molecular weight excluding hydrogens is 288 g/mol. The second-order valence-corrected chi connectivity index (χ2v) is 6.23. The van der Waals surface area contributed by atoms with Gasteiger partial charge >= 0.3 is 0 Å². The fourth-order valence-corrected chi connectivity index (χ4v) is 3.53. The van der Waals surface area contributed by atoms with E-state index in [0.29, 0.717) is 6.54 Å². The Morgan fingerprint density at radius 1 is 1.35 bits per heavy atom. The maximum Gasteiger partial charge on any atom is 0.224 e. The Morgan fingerprint density at radius 2 is 2.17 bits per heavy atom. The number of piperidine rings is 1. The zero-order valence-electron chi connectivity index (χ0n) is 14.1. The van der Waals surface area contributed by atoms with Crippen LogP contribution in [0.5, 0.6) is 0 Å². The van der Waals surface area contributed by atoms with Crippen LogP contribution in [0.25, 0.3) is 11.0 Å². The second-order valence-electron chi connectivity index (χ2n) is 6.23. The fourth-order valence-electron chi connectivity index (χ4n) is 3.53. The summed E-state index contributed by atoms with van der Waals surface area (Å²) in [7, 11) is 0. The highest BCUT2D eigenvalue weighted by Gasteiger charge is 2.26. The normalized spacial score (nSPS) is 19.1. The Kier molecular flexibility index (Phi) is 4.96. The monoisotopic (exact) mass is 314 g/mol. The summed E-state index contributed by atoms with van der Waals surface area (Å²) >= 11 is 0. The van der Waals surface area contributed by atoms with Crippen molar-refractivity contribution in [2.75, 3.05) is 19.6 Å². The van der Waals surface area contributed by atoms with E-state index < -0.39 is 0 Å². The smallest absolute Gasteiger partial charge is 0.224 e. The van der Waals surface area contributed by atoms with Crippen molar-refractivity contribution in [3.8, 4) is 0 Å². The summed E-state index contributed by atoms with van der Waals surface area (Å²) < 4.78 is 2.28. The molecule has 0 radical (unpaired) electrons. The van der Waals surface area contributed by atoms with Crippen LogP contribution < -0.4 is 5.32 Å². The molecule has 1 amide bonds. The van der Waals surface area contributed by atoms with Gasteiger partial charge in [0.1, 0.15) is 5.82 Å². The third-order valence-electron chi connectivity index (χ3n) is 4.64. The van der Waals surface area contributed by atoms with Crippen molar-refractivity contribution < 1.29 is 4.79 Å². The number of benzene rings is 1. The molecule has 1 fully saturated rings. The molecule has 0 bridgehead atoms. The Labute approximate surface area is 137 Å². The number of carbonyl (C=O) groups is 1. The molecule has 5 nitrogen and oxygen atoms in total. The van der Waals surface area contributed by atoms with Crippen LogP contribution in [0, 0.1) is 5.92 Å². The minimum Gasteiger partial charge on any atom is -0.356 e. The van der Waals surface area contributed by atoms with Gasteiger partial charge in [0, 0.05) is 19.6 Å². The number of aromatic nitrogens is 2. The Hall–Kier alpha value is -1.88. The molecule has 0 spiro atoms. The number of imidazole rings is 1. The number of hydrogen-bond acceptors (Lipinski definition) is 3. The predicted octanol–water partition coefficient (Wildman–Crippen LogP) is 2.40. The number of para-hydroxylation sites is 2. The first-order valence-electron chi connectivity index (χ1n) is 8.67. The van der Waals surface area contributed by atoms with E-state index in [-0.39, 0.29) is 11.8 Å². The van der Waals surface area contributed by atoms with Gasteiger partial charge in [-0.25, -0.2) is 4.98 Å². The number of nitrogens with zero attached hydrogens (tertiary/aromatic N) is 3. The Balaban J connectivity index is 1.75. The molecule has 124 valence electrons. The van der Waals surface area contributed by atoms with Crippen LogP contribution in [-0.2, 0) is 17.9 Å². The summed E-state index contributed by atoms with van der Waals surface area (Å²) in [5.41, 5.74) is 2.25. The van der Waals surface area contributed by atoms with Crippen LogP contribution in [0.2, 0.25) is 0 Å². The average molecular weight is 314 g/mol. The van der Waals surface area contributed by atoms with Crippen LogP contribution in [0.4, 0.5) is 0 Å². The van der Waals surface area contributed by atoms with Crippen molar-refractivity contribution in [1.82, 2.24) is 19.8 Å². The van der Waals surface area contributed by atoms with Crippen LogP contribution in [-0.4, -0.2) is 40.0 Å². The van der Waals surface area contributed by atoms with Crippen LogP contribution in [0.15, 0.2) is 24.3 Å². The van der Waals surface area contributed by atoms with Gasteiger partial charge in [-0.3, -0.25) is 9.69 Å². The molecule has 2 heterocycles. The van der Waals surface area contributed by atoms with Gasteiger partial charge in [0.2, 0.25) is 5.91 Å². The van der Waals surface area contributed by atoms with Crippen molar-refractivity contribution in [3.63, 3.8) is 0 Å². The minimum absolute atomic E-state index is 0.114. The largest absolute Gasteiger partial charge is 0.356 e. The quantitative estimate of drug-likeness (QED) is 0.922. The highest BCUT2D eigenvalue weighted by atomic mass is 16.1. The zero-order valence-corrected chi connectivity index (χ0v) is 14.1. The molecule has 0 saturated carbocycles. The van der Waals surface area contributed by atoms with Crippen molar-refractivity contribution in [2.24, 2.45) is 5.92 Å². The third kappa shape index (κ3) is 3.39. The summed E-state index contributed by atoms with van der Waals surface area (Å²) in [4.78, 5) is 19.3. The lowest BCUT2D eigenvalue weighted by molar-refractivity contribution is -0.126. The molecule has 1 aliphatic rings. The summed E-state index contributed by atoms with van der Waals surface area (Å²) in [6, 6.07) is 8.29. The van der Waals surface area contributed by atoms with Gasteiger partial charge in [0.15, 0.2) is 0 Å². The van der Waals surface area contributed by atoms with Crippen molar-refractivity contribution >= 4 is 16.9 Å². The molecule has 23 heavy (non-hydrogen) atoms. The van der Waals surface area contributed by atoms with Crippen molar-refractivity contribution in [3.05, 3.63) is 30.1 Å². The number of carbonyl (C=O) groups excluding carboxylic acids is 1. The van der Waals surface area contributed by atoms with E-state index in [1.807, 2.05) is 13.0 Å². The van der Waals surface area contributed by atoms with Crippen molar-refractivity contribution in [2.45, 2.75) is 39.8 Å². The highest BCUT2D eigenvalue weighted by Crippen LogP contribution is 2.21. The minimum atomic E-state index is 0.114. The number of aryl methyl sites for hydroxylation is 1. The molecule has 1 aromatic heterocycles. The molecule has 1 saturated heterocycles. The molecule has 1 aliphatic heterocycles. The van der Waals surface area contributed by atoms with E-state index in [2.05, 4.69) is 39.9 Å². The van der Waals surface area contributed by atoms with Gasteiger partial charge in [-0.05, 0) is 45.4 Å². The average Bonchev–Trinajstić information content (AvgIpc) is 2.92. The summed E-state index contributed by atoms with van der Waals surface area (Å²) in [6.07, 6.45) is 2.07. The van der Waals surface area contributed by atoms with E-state index >= 15 is 0 Å². The predicted molar refractivity (Wildman–Crippen MR) is 92.1 cm³/mol. The molecule has 2 aromatic rings. The Morgan fingerprint density at radius 3 is 2.96 bits per heavy atom. The first kappa shape index (κ1) is 16.0. The van der Waals surface area contributed by atoms with Crippen molar-refractivity contribution in [1.29, 1.82) is 0 Å². The van der Waals surface area contributed by atoms with Crippen LogP contribution >= 0.6 is 0 Å². The van der Waals surface area contributed by atoms with E-state index in [0.717, 1.165) is 50.4 Å². The molecule has 1 atom stereocenters. The van der Waals surface area contributed by atoms with Gasteiger partial charge in [-0.2, -0.15) is 0 Å². The first-order valence-corrected chi connectivity index (χ1v) is 8.67. The van der Waals surface area contributed by atoms with E-state index in [1.165, 1.54) is 5.52 Å². The summed E-state index contributed by atoms with van der Waals surface area (Å²) in [5, 5.41) is 2.96. The number of likely N-dealkylation sites (tertiary alicyclic amines) is 1.